The Bertz CT molecular complexity index is 730. The number of oxime groups is 1. The topological polar surface area (TPSA) is 47.9 Å². The molecule has 22 heavy (non-hydrogen) atoms. The molecule has 4 nitrogen and oxygen atoms in total. The largest absolute Gasteiger partial charge is 0.497 e. The van der Waals surface area contributed by atoms with Crippen LogP contribution in [0.1, 0.15) is 11.1 Å². The van der Waals surface area contributed by atoms with Crippen LogP contribution in [0.2, 0.25) is 0 Å². The van der Waals surface area contributed by atoms with E-state index in [1.54, 1.807) is 48.5 Å². The minimum absolute atomic E-state index is 0.0275. The third-order valence-corrected chi connectivity index (χ3v) is 3.55. The first-order valence-electron chi connectivity index (χ1n) is 6.80. The highest BCUT2D eigenvalue weighted by Crippen LogP contribution is 2.31. The molecule has 0 aromatic heterocycles. The molecule has 0 N–H and O–H groups in total. The third kappa shape index (κ3) is 2.45. The Balaban J connectivity index is 1.97. The zero-order chi connectivity index (χ0) is 15.6. The van der Waals surface area contributed by atoms with Crippen molar-refractivity contribution in [1.82, 2.24) is 0 Å². The molecule has 0 amide bonds. The number of rotatable bonds is 4. The summed E-state index contributed by atoms with van der Waals surface area (Å²) in [7, 11) is 1.52. The summed E-state index contributed by atoms with van der Waals surface area (Å²) >= 11 is 0. The summed E-state index contributed by atoms with van der Waals surface area (Å²) in [4.78, 5) is 16.5. The Hall–Kier alpha value is -2.69. The van der Waals surface area contributed by atoms with Crippen LogP contribution in [-0.4, -0.2) is 24.5 Å². The first-order valence-corrected chi connectivity index (χ1v) is 6.80. The van der Waals surface area contributed by atoms with Gasteiger partial charge in [-0.05, 0) is 17.7 Å². The van der Waals surface area contributed by atoms with Crippen molar-refractivity contribution in [3.63, 3.8) is 0 Å². The number of ether oxygens (including phenoxy) is 1. The Morgan fingerprint density at radius 2 is 1.95 bits per heavy atom. The maximum Gasteiger partial charge on any atom is 0.378 e. The van der Waals surface area contributed by atoms with Crippen molar-refractivity contribution in [2.24, 2.45) is 5.16 Å². The molecule has 0 spiro atoms. The number of carbonyl (C=O) groups excluding carboxylic acids is 1. The molecule has 1 atom stereocenters. The fourth-order valence-corrected chi connectivity index (χ4v) is 2.41. The van der Waals surface area contributed by atoms with Crippen molar-refractivity contribution in [1.29, 1.82) is 0 Å². The predicted molar refractivity (Wildman–Crippen MR) is 79.6 cm³/mol. The molecule has 0 aliphatic carbocycles. The van der Waals surface area contributed by atoms with Crippen molar-refractivity contribution in [2.75, 3.05) is 7.11 Å². The number of halogens is 1. The fourth-order valence-electron chi connectivity index (χ4n) is 2.41. The molecule has 1 aliphatic heterocycles. The third-order valence-electron chi connectivity index (χ3n) is 3.55. The van der Waals surface area contributed by atoms with Gasteiger partial charge in [0.1, 0.15) is 11.5 Å². The van der Waals surface area contributed by atoms with Crippen LogP contribution in [0, 0.1) is 0 Å². The first kappa shape index (κ1) is 14.3. The molecule has 0 saturated heterocycles. The molecule has 0 saturated carbocycles. The summed E-state index contributed by atoms with van der Waals surface area (Å²) in [5.74, 6) is -0.434. The second-order valence-corrected chi connectivity index (χ2v) is 5.01. The number of methoxy groups -OCH3 is 1. The average molecular weight is 299 g/mol. The quantitative estimate of drug-likeness (QED) is 0.816. The second-order valence-electron chi connectivity index (χ2n) is 5.01. The lowest BCUT2D eigenvalue weighted by Gasteiger charge is -2.17. The zero-order valence-electron chi connectivity index (χ0n) is 12.0. The highest BCUT2D eigenvalue weighted by atomic mass is 19.1. The van der Waals surface area contributed by atoms with E-state index < -0.39 is 11.6 Å². The summed E-state index contributed by atoms with van der Waals surface area (Å²) in [5, 5.41) is 3.65. The van der Waals surface area contributed by atoms with Crippen LogP contribution in [-0.2, 0) is 16.1 Å². The number of alkyl halides is 1. The molecule has 3 rings (SSSR count). The van der Waals surface area contributed by atoms with Gasteiger partial charge in [0.05, 0.1) is 7.11 Å². The maximum atomic E-state index is 15.3. The molecule has 0 bridgehead atoms. The van der Waals surface area contributed by atoms with E-state index >= 15 is 4.39 Å². The Morgan fingerprint density at radius 3 is 2.68 bits per heavy atom. The number of benzene rings is 2. The Labute approximate surface area is 127 Å². The van der Waals surface area contributed by atoms with Gasteiger partial charge in [-0.25, -0.2) is 9.18 Å². The van der Waals surface area contributed by atoms with Gasteiger partial charge in [-0.3, -0.25) is 0 Å². The van der Waals surface area contributed by atoms with E-state index in [1.165, 1.54) is 7.11 Å². The van der Waals surface area contributed by atoms with Gasteiger partial charge in [-0.2, -0.15) is 0 Å². The summed E-state index contributed by atoms with van der Waals surface area (Å²) in [6, 6.07) is 15.7. The summed E-state index contributed by atoms with van der Waals surface area (Å²) in [5.41, 5.74) is -1.17. The molecule has 1 heterocycles. The van der Waals surface area contributed by atoms with Crippen LogP contribution in [0.25, 0.3) is 0 Å². The minimum Gasteiger partial charge on any atom is -0.497 e. The van der Waals surface area contributed by atoms with Crippen LogP contribution in [0.15, 0.2) is 59.8 Å². The molecule has 2 aromatic carbocycles. The molecular formula is C17H14FNO3. The number of hydrogen-bond acceptors (Lipinski definition) is 4. The molecule has 112 valence electrons. The smallest absolute Gasteiger partial charge is 0.378 e. The van der Waals surface area contributed by atoms with Crippen molar-refractivity contribution in [3.05, 3.63) is 65.7 Å². The van der Waals surface area contributed by atoms with Crippen molar-refractivity contribution >= 4 is 11.7 Å². The van der Waals surface area contributed by atoms with Gasteiger partial charge in [0.2, 0.25) is 0 Å². The SMILES string of the molecule is COc1cccc(C2=NOC(=O)[C@@]2(F)Cc2ccccc2)c1. The second kappa shape index (κ2) is 5.60. The van der Waals surface area contributed by atoms with Crippen molar-refractivity contribution < 1.29 is 18.8 Å². The average Bonchev–Trinajstić information content (AvgIpc) is 2.83. The van der Waals surface area contributed by atoms with Gasteiger partial charge in [0.15, 0.2) is 0 Å². The molecule has 0 unspecified atom stereocenters. The van der Waals surface area contributed by atoms with Crippen molar-refractivity contribution in [2.45, 2.75) is 12.1 Å². The molecular weight excluding hydrogens is 285 g/mol. The number of carbonyl (C=O) groups is 1. The lowest BCUT2D eigenvalue weighted by molar-refractivity contribution is -0.149. The molecule has 2 aromatic rings. The Morgan fingerprint density at radius 1 is 1.18 bits per heavy atom. The Kier molecular flexibility index (Phi) is 3.63. The van der Waals surface area contributed by atoms with E-state index in [4.69, 9.17) is 4.74 Å². The maximum absolute atomic E-state index is 15.3. The van der Waals surface area contributed by atoms with Crippen LogP contribution in [0.3, 0.4) is 0 Å². The monoisotopic (exact) mass is 299 g/mol. The standard InChI is InChI=1S/C17H14FNO3/c1-21-14-9-5-8-13(10-14)15-17(18,16(20)22-19-15)11-12-6-3-2-4-7-12/h2-10H,11H2,1H3/t17-/m1/s1. The highest BCUT2D eigenvalue weighted by molar-refractivity contribution is 6.20. The highest BCUT2D eigenvalue weighted by Gasteiger charge is 2.51. The van der Waals surface area contributed by atoms with Gasteiger partial charge < -0.3 is 9.57 Å². The van der Waals surface area contributed by atoms with Gasteiger partial charge in [0, 0.05) is 12.0 Å². The molecule has 0 radical (unpaired) electrons. The van der Waals surface area contributed by atoms with E-state index in [0.717, 1.165) is 0 Å². The van der Waals surface area contributed by atoms with Crippen LogP contribution >= 0.6 is 0 Å². The van der Waals surface area contributed by atoms with Crippen LogP contribution in [0.5, 0.6) is 5.75 Å². The van der Waals surface area contributed by atoms with Crippen LogP contribution < -0.4 is 4.74 Å². The molecule has 1 aliphatic rings. The first-order chi connectivity index (χ1) is 10.6. The summed E-state index contributed by atoms with van der Waals surface area (Å²) < 4.78 is 20.5. The lowest BCUT2D eigenvalue weighted by atomic mass is 9.88. The van der Waals surface area contributed by atoms with E-state index in [-0.39, 0.29) is 12.1 Å². The minimum atomic E-state index is -2.30. The molecule has 0 fully saturated rings. The number of hydrogen-bond donors (Lipinski definition) is 0. The predicted octanol–water partition coefficient (Wildman–Crippen LogP) is 2.91. The lowest BCUT2D eigenvalue weighted by Crippen LogP contribution is -2.41. The van der Waals surface area contributed by atoms with Gasteiger partial charge in [-0.1, -0.05) is 47.6 Å². The fraction of sp³-hybridized carbons (Fsp3) is 0.176. The van der Waals surface area contributed by atoms with Crippen LogP contribution in [0.4, 0.5) is 4.39 Å². The van der Waals surface area contributed by atoms with Gasteiger partial charge in [0.25, 0.3) is 5.67 Å². The van der Waals surface area contributed by atoms with E-state index in [1.807, 2.05) is 6.07 Å². The number of nitrogens with zero attached hydrogens (tertiary/aromatic N) is 1. The summed E-state index contributed by atoms with van der Waals surface area (Å²) in [6.45, 7) is 0. The summed E-state index contributed by atoms with van der Waals surface area (Å²) in [6.07, 6.45) is -0.122. The van der Waals surface area contributed by atoms with Gasteiger partial charge in [-0.15, -0.1) is 0 Å². The van der Waals surface area contributed by atoms with E-state index in [9.17, 15) is 4.79 Å². The van der Waals surface area contributed by atoms with E-state index in [0.29, 0.717) is 16.9 Å². The van der Waals surface area contributed by atoms with Gasteiger partial charge >= 0.3 is 5.97 Å². The van der Waals surface area contributed by atoms with Crippen molar-refractivity contribution in [3.8, 4) is 5.75 Å². The zero-order valence-corrected chi connectivity index (χ0v) is 12.0. The molecule has 5 heteroatoms. The van der Waals surface area contributed by atoms with E-state index in [2.05, 4.69) is 9.99 Å². The normalized spacial score (nSPS) is 20.5.